The number of phenols is 2. The molecule has 2 N–H and O–H groups in total. The lowest BCUT2D eigenvalue weighted by molar-refractivity contribution is -0.956. The van der Waals surface area contributed by atoms with Gasteiger partial charge in [-0.2, -0.15) is 0 Å². The molecule has 0 saturated heterocycles. The molecule has 1 unspecified atom stereocenters. The van der Waals surface area contributed by atoms with Gasteiger partial charge >= 0.3 is 0 Å². The summed E-state index contributed by atoms with van der Waals surface area (Å²) >= 11 is 0. The fraction of sp³-hybridized carbons (Fsp3) is 0.400. The highest BCUT2D eigenvalue weighted by molar-refractivity contribution is 5.51. The van der Waals surface area contributed by atoms with Crippen LogP contribution in [0.3, 0.4) is 0 Å². The summed E-state index contributed by atoms with van der Waals surface area (Å²) in [6.07, 6.45) is 1.80. The molecule has 0 amide bonds. The molecule has 0 fully saturated rings. The number of likely N-dealkylation sites (N-methyl/N-ethyl adjacent to an activating group) is 1. The zero-order valence-electron chi connectivity index (χ0n) is 14.9. The first-order valence-corrected chi connectivity index (χ1v) is 8.58. The minimum Gasteiger partial charge on any atom is -0.504 e. The van der Waals surface area contributed by atoms with Gasteiger partial charge in [0.2, 0.25) is 0 Å². The molecule has 0 spiro atoms. The monoisotopic (exact) mass is 342 g/mol. The van der Waals surface area contributed by atoms with E-state index in [9.17, 15) is 10.2 Å². The van der Waals surface area contributed by atoms with E-state index in [2.05, 4.69) is 7.05 Å². The number of hydrogen-bond acceptors (Lipinski definition) is 4. The molecule has 5 nitrogen and oxygen atoms in total. The fourth-order valence-electron chi connectivity index (χ4n) is 4.46. The maximum atomic E-state index is 10.3. The van der Waals surface area contributed by atoms with Crippen LogP contribution in [-0.2, 0) is 19.4 Å². The third-order valence-electron chi connectivity index (χ3n) is 5.89. The van der Waals surface area contributed by atoms with E-state index in [0.29, 0.717) is 11.5 Å². The Morgan fingerprint density at radius 1 is 0.920 bits per heavy atom. The van der Waals surface area contributed by atoms with Crippen molar-refractivity contribution in [3.05, 3.63) is 46.5 Å². The van der Waals surface area contributed by atoms with Crippen LogP contribution in [0, 0.1) is 0 Å². The molecule has 4 rings (SSSR count). The van der Waals surface area contributed by atoms with E-state index in [4.69, 9.17) is 9.47 Å². The Morgan fingerprint density at radius 3 is 2.24 bits per heavy atom. The van der Waals surface area contributed by atoms with Crippen LogP contribution in [0.1, 0.15) is 28.3 Å². The van der Waals surface area contributed by atoms with Crippen molar-refractivity contribution in [1.82, 2.24) is 0 Å². The molecular weight excluding hydrogens is 318 g/mol. The molecule has 0 saturated carbocycles. The Balaban J connectivity index is 1.81. The Kier molecular flexibility index (Phi) is 3.58. The number of hydrogen-bond donors (Lipinski definition) is 2. The summed E-state index contributed by atoms with van der Waals surface area (Å²) in [5.74, 6) is 1.45. The minimum absolute atomic E-state index is 0.186. The summed E-state index contributed by atoms with van der Waals surface area (Å²) in [4.78, 5) is 0. The Bertz CT molecular complexity index is 848. The van der Waals surface area contributed by atoms with Gasteiger partial charge in [-0.3, -0.25) is 0 Å². The highest BCUT2D eigenvalue weighted by atomic mass is 16.5. The predicted octanol–water partition coefficient (Wildman–Crippen LogP) is 2.92. The average Bonchev–Trinajstić information content (AvgIpc) is 2.59. The van der Waals surface area contributed by atoms with Crippen molar-refractivity contribution in [2.45, 2.75) is 25.4 Å². The summed E-state index contributed by atoms with van der Waals surface area (Å²) in [5, 5.41) is 20.4. The van der Waals surface area contributed by atoms with Crippen LogP contribution < -0.4 is 9.47 Å². The Labute approximate surface area is 147 Å². The number of fused-ring (bicyclic) bond motifs is 4. The van der Waals surface area contributed by atoms with Crippen LogP contribution in [0.5, 0.6) is 23.0 Å². The highest BCUT2D eigenvalue weighted by Crippen LogP contribution is 2.47. The van der Waals surface area contributed by atoms with Gasteiger partial charge in [0, 0.05) is 24.0 Å². The lowest BCUT2D eigenvalue weighted by Crippen LogP contribution is -2.53. The molecule has 0 aromatic heterocycles. The summed E-state index contributed by atoms with van der Waals surface area (Å²) in [6, 6.07) is 7.89. The van der Waals surface area contributed by atoms with Gasteiger partial charge in [0.15, 0.2) is 23.0 Å². The van der Waals surface area contributed by atoms with Crippen LogP contribution in [0.25, 0.3) is 0 Å². The molecule has 25 heavy (non-hydrogen) atoms. The third kappa shape index (κ3) is 2.42. The van der Waals surface area contributed by atoms with E-state index >= 15 is 0 Å². The van der Waals surface area contributed by atoms with E-state index < -0.39 is 0 Å². The molecule has 2 aromatic rings. The SMILES string of the molecule is COc1cc2c(cc1O)CC1c3cc(O)c(OC)cc3CC[N@@+]1(C)C2. The van der Waals surface area contributed by atoms with Gasteiger partial charge in [0.25, 0.3) is 0 Å². The number of phenolic OH excluding ortho intramolecular Hbond substituents is 2. The van der Waals surface area contributed by atoms with Crippen molar-refractivity contribution < 1.29 is 24.2 Å². The second-order valence-corrected chi connectivity index (χ2v) is 7.35. The van der Waals surface area contributed by atoms with Crippen LogP contribution in [-0.4, -0.2) is 42.5 Å². The quantitative estimate of drug-likeness (QED) is 0.824. The molecule has 0 aliphatic carbocycles. The molecule has 0 radical (unpaired) electrons. The number of benzene rings is 2. The zero-order chi connectivity index (χ0) is 17.8. The lowest BCUT2D eigenvalue weighted by atomic mass is 9.81. The maximum absolute atomic E-state index is 10.3. The summed E-state index contributed by atoms with van der Waals surface area (Å²) in [6.45, 7) is 1.93. The molecule has 0 bridgehead atoms. The second-order valence-electron chi connectivity index (χ2n) is 7.35. The minimum atomic E-state index is 0.186. The maximum Gasteiger partial charge on any atom is 0.160 e. The van der Waals surface area contributed by atoms with Crippen LogP contribution in [0.2, 0.25) is 0 Å². The first-order valence-electron chi connectivity index (χ1n) is 8.58. The van der Waals surface area contributed by atoms with E-state index in [1.165, 1.54) is 16.7 Å². The largest absolute Gasteiger partial charge is 0.504 e. The van der Waals surface area contributed by atoms with E-state index in [1.807, 2.05) is 24.3 Å². The van der Waals surface area contributed by atoms with Gasteiger partial charge in [-0.15, -0.1) is 0 Å². The molecule has 2 atom stereocenters. The molecule has 2 aromatic carbocycles. The van der Waals surface area contributed by atoms with Crippen LogP contribution in [0.15, 0.2) is 24.3 Å². The molecule has 2 heterocycles. The van der Waals surface area contributed by atoms with Crippen molar-refractivity contribution >= 4 is 0 Å². The predicted molar refractivity (Wildman–Crippen MR) is 94.2 cm³/mol. The highest BCUT2D eigenvalue weighted by Gasteiger charge is 2.43. The molecule has 5 heteroatoms. The Hall–Kier alpha value is -2.40. The number of aromatic hydroxyl groups is 2. The zero-order valence-corrected chi connectivity index (χ0v) is 14.9. The number of nitrogens with zero attached hydrogens (tertiary/aromatic N) is 1. The summed E-state index contributed by atoms with van der Waals surface area (Å²) in [7, 11) is 5.44. The summed E-state index contributed by atoms with van der Waals surface area (Å²) < 4.78 is 11.4. The van der Waals surface area contributed by atoms with Crippen LogP contribution >= 0.6 is 0 Å². The number of methoxy groups -OCH3 is 2. The van der Waals surface area contributed by atoms with Crippen molar-refractivity contribution in [2.24, 2.45) is 0 Å². The number of rotatable bonds is 2. The average molecular weight is 342 g/mol. The van der Waals surface area contributed by atoms with Gasteiger partial charge < -0.3 is 24.2 Å². The smallest absolute Gasteiger partial charge is 0.160 e. The second kappa shape index (κ2) is 5.56. The molecular formula is C20H24NO4+. The summed E-state index contributed by atoms with van der Waals surface area (Å²) in [5.41, 5.74) is 4.82. The fourth-order valence-corrected chi connectivity index (χ4v) is 4.46. The van der Waals surface area contributed by atoms with Crippen molar-refractivity contribution in [3.8, 4) is 23.0 Å². The molecule has 2 aliphatic heterocycles. The van der Waals surface area contributed by atoms with Gasteiger partial charge in [0.05, 0.1) is 27.8 Å². The van der Waals surface area contributed by atoms with Crippen molar-refractivity contribution in [2.75, 3.05) is 27.8 Å². The lowest BCUT2D eigenvalue weighted by Gasteiger charge is -2.49. The third-order valence-corrected chi connectivity index (χ3v) is 5.89. The normalized spacial score (nSPS) is 24.0. The molecule has 132 valence electrons. The first-order chi connectivity index (χ1) is 11.9. The van der Waals surface area contributed by atoms with Gasteiger partial charge in [-0.1, -0.05) is 0 Å². The van der Waals surface area contributed by atoms with E-state index in [-0.39, 0.29) is 17.5 Å². The van der Waals surface area contributed by atoms with Gasteiger partial charge in [-0.25, -0.2) is 0 Å². The molecule has 2 aliphatic rings. The number of ether oxygens (including phenoxy) is 2. The standard InChI is InChI=1S/C20H23NO4/c1-21-5-4-12-8-19(24-2)18(23)10-15(12)16(21)6-13-7-17(22)20(25-3)9-14(13)11-21/h7-10,16H,4-6,11H2,1-3H3,(H-,22,23)/p+1/t16?,21-/m0/s1. The topological polar surface area (TPSA) is 58.9 Å². The van der Waals surface area contributed by atoms with E-state index in [1.54, 1.807) is 14.2 Å². The van der Waals surface area contributed by atoms with Crippen LogP contribution in [0.4, 0.5) is 0 Å². The first kappa shape index (κ1) is 16.1. The number of quaternary nitrogens is 1. The van der Waals surface area contributed by atoms with Crippen molar-refractivity contribution in [3.63, 3.8) is 0 Å². The van der Waals surface area contributed by atoms with Gasteiger partial charge in [-0.05, 0) is 35.4 Å². The van der Waals surface area contributed by atoms with Gasteiger partial charge in [0.1, 0.15) is 12.6 Å². The Morgan fingerprint density at radius 2 is 1.56 bits per heavy atom. The van der Waals surface area contributed by atoms with E-state index in [0.717, 1.165) is 36.0 Å². The van der Waals surface area contributed by atoms with Crippen molar-refractivity contribution in [1.29, 1.82) is 0 Å².